The monoisotopic (exact) mass is 285 g/mol. The minimum atomic E-state index is -0.393. The van der Waals surface area contributed by atoms with Crippen LogP contribution in [0.1, 0.15) is 39.4 Å². The second-order valence-corrected chi connectivity index (χ2v) is 5.12. The molecule has 1 aliphatic rings. The first-order valence-corrected chi connectivity index (χ1v) is 6.77. The molecule has 108 valence electrons. The van der Waals surface area contributed by atoms with Crippen LogP contribution in [0.15, 0.2) is 34.9 Å². The lowest BCUT2D eigenvalue weighted by atomic mass is 10.2. The van der Waals surface area contributed by atoms with Crippen molar-refractivity contribution in [2.45, 2.75) is 25.8 Å². The maximum absolute atomic E-state index is 12.0. The van der Waals surface area contributed by atoms with Crippen molar-refractivity contribution in [1.82, 2.24) is 10.5 Å². The molecule has 1 saturated carbocycles. The highest BCUT2D eigenvalue weighted by Gasteiger charge is 2.23. The molecule has 1 heterocycles. The van der Waals surface area contributed by atoms with Crippen LogP contribution in [0.4, 0.5) is 5.69 Å². The van der Waals surface area contributed by atoms with E-state index in [1.807, 2.05) is 0 Å². The summed E-state index contributed by atoms with van der Waals surface area (Å²) in [5.41, 5.74) is 1.70. The quantitative estimate of drug-likeness (QED) is 0.901. The third-order valence-corrected chi connectivity index (χ3v) is 3.15. The number of hydrogen-bond donors (Lipinski definition) is 2. The molecule has 0 radical (unpaired) electrons. The fourth-order valence-electron chi connectivity index (χ4n) is 1.90. The van der Waals surface area contributed by atoms with Gasteiger partial charge in [-0.25, -0.2) is 0 Å². The minimum Gasteiger partial charge on any atom is -0.351 e. The Morgan fingerprint density at radius 3 is 2.71 bits per heavy atom. The fourth-order valence-corrected chi connectivity index (χ4v) is 1.90. The summed E-state index contributed by atoms with van der Waals surface area (Å²) in [6.07, 6.45) is 2.07. The molecule has 0 unspecified atom stereocenters. The van der Waals surface area contributed by atoms with Gasteiger partial charge in [-0.2, -0.15) is 0 Å². The molecule has 2 aromatic rings. The van der Waals surface area contributed by atoms with Gasteiger partial charge in [0.05, 0.1) is 5.69 Å². The van der Waals surface area contributed by atoms with Crippen LogP contribution < -0.4 is 10.6 Å². The number of carbonyl (C=O) groups is 2. The van der Waals surface area contributed by atoms with Gasteiger partial charge in [-0.05, 0) is 38.0 Å². The lowest BCUT2D eigenvalue weighted by Gasteiger charge is -2.06. The summed E-state index contributed by atoms with van der Waals surface area (Å²) in [5, 5.41) is 9.25. The molecule has 0 aliphatic heterocycles. The molecule has 0 spiro atoms. The van der Waals surface area contributed by atoms with Crippen molar-refractivity contribution in [2.75, 3.05) is 5.32 Å². The summed E-state index contributed by atoms with van der Waals surface area (Å²) in [5.74, 6) is -0.375. The zero-order chi connectivity index (χ0) is 14.8. The smallest absolute Gasteiger partial charge is 0.294 e. The standard InChI is InChI=1S/C15H15N3O3/c1-9-7-13(21-18-9)15(20)17-12-4-2-3-10(8-12)14(19)16-11-5-6-11/h2-4,7-8,11H,5-6H2,1H3,(H,16,19)(H,17,20). The zero-order valence-electron chi connectivity index (χ0n) is 11.6. The molecule has 1 aliphatic carbocycles. The van der Waals surface area contributed by atoms with E-state index >= 15 is 0 Å². The Balaban J connectivity index is 1.70. The van der Waals surface area contributed by atoms with Crippen LogP contribution >= 0.6 is 0 Å². The molecular weight excluding hydrogens is 270 g/mol. The highest BCUT2D eigenvalue weighted by Crippen LogP contribution is 2.20. The highest BCUT2D eigenvalue weighted by molar-refractivity contribution is 6.03. The Morgan fingerprint density at radius 1 is 1.24 bits per heavy atom. The summed E-state index contributed by atoms with van der Waals surface area (Å²) in [6.45, 7) is 1.74. The lowest BCUT2D eigenvalue weighted by Crippen LogP contribution is -2.25. The van der Waals surface area contributed by atoms with E-state index in [0.29, 0.717) is 23.0 Å². The second-order valence-electron chi connectivity index (χ2n) is 5.12. The van der Waals surface area contributed by atoms with Crippen molar-refractivity contribution >= 4 is 17.5 Å². The van der Waals surface area contributed by atoms with E-state index in [1.165, 1.54) is 0 Å². The van der Waals surface area contributed by atoms with Gasteiger partial charge in [0.1, 0.15) is 0 Å². The summed E-state index contributed by atoms with van der Waals surface area (Å²) in [6, 6.07) is 8.65. The number of nitrogens with one attached hydrogen (secondary N) is 2. The first-order valence-electron chi connectivity index (χ1n) is 6.77. The van der Waals surface area contributed by atoms with Gasteiger partial charge >= 0.3 is 0 Å². The first kappa shape index (κ1) is 13.4. The van der Waals surface area contributed by atoms with Crippen molar-refractivity contribution < 1.29 is 14.1 Å². The maximum Gasteiger partial charge on any atom is 0.294 e. The molecule has 0 atom stereocenters. The number of rotatable bonds is 4. The fraction of sp³-hybridized carbons (Fsp3) is 0.267. The van der Waals surface area contributed by atoms with Crippen molar-refractivity contribution in [3.05, 3.63) is 47.3 Å². The number of hydrogen-bond acceptors (Lipinski definition) is 4. The van der Waals surface area contributed by atoms with Gasteiger partial charge in [-0.15, -0.1) is 0 Å². The highest BCUT2D eigenvalue weighted by atomic mass is 16.5. The van der Waals surface area contributed by atoms with Gasteiger partial charge in [-0.3, -0.25) is 9.59 Å². The number of aromatic nitrogens is 1. The first-order chi connectivity index (χ1) is 10.1. The topological polar surface area (TPSA) is 84.2 Å². The van der Waals surface area contributed by atoms with Crippen LogP contribution in [0.2, 0.25) is 0 Å². The minimum absolute atomic E-state index is 0.121. The van der Waals surface area contributed by atoms with Crippen LogP contribution in [0.25, 0.3) is 0 Å². The van der Waals surface area contributed by atoms with E-state index in [4.69, 9.17) is 4.52 Å². The molecule has 1 fully saturated rings. The lowest BCUT2D eigenvalue weighted by molar-refractivity contribution is 0.0948. The summed E-state index contributed by atoms with van der Waals surface area (Å²) < 4.78 is 4.90. The Hall–Kier alpha value is -2.63. The molecule has 3 rings (SSSR count). The number of carbonyl (C=O) groups excluding carboxylic acids is 2. The Labute approximate surface area is 121 Å². The van der Waals surface area contributed by atoms with E-state index < -0.39 is 5.91 Å². The molecule has 6 heteroatoms. The van der Waals surface area contributed by atoms with E-state index in [9.17, 15) is 9.59 Å². The maximum atomic E-state index is 12.0. The van der Waals surface area contributed by atoms with E-state index in [0.717, 1.165) is 12.8 Å². The number of benzene rings is 1. The molecule has 0 saturated heterocycles. The van der Waals surface area contributed by atoms with Crippen LogP contribution in [0.3, 0.4) is 0 Å². The van der Waals surface area contributed by atoms with Crippen molar-refractivity contribution in [3.8, 4) is 0 Å². The summed E-state index contributed by atoms with van der Waals surface area (Å²) in [7, 11) is 0. The molecule has 21 heavy (non-hydrogen) atoms. The van der Waals surface area contributed by atoms with Gasteiger partial charge in [0.15, 0.2) is 0 Å². The molecule has 0 bridgehead atoms. The van der Waals surface area contributed by atoms with E-state index in [1.54, 1.807) is 37.3 Å². The molecular formula is C15H15N3O3. The Kier molecular flexibility index (Phi) is 3.43. The third kappa shape index (κ3) is 3.28. The number of nitrogens with zero attached hydrogens (tertiary/aromatic N) is 1. The number of anilines is 1. The average Bonchev–Trinajstić information content (AvgIpc) is 3.17. The van der Waals surface area contributed by atoms with Crippen LogP contribution in [-0.4, -0.2) is 23.0 Å². The molecule has 6 nitrogen and oxygen atoms in total. The van der Waals surface area contributed by atoms with Crippen LogP contribution in [-0.2, 0) is 0 Å². The molecule has 1 aromatic carbocycles. The SMILES string of the molecule is Cc1cc(C(=O)Nc2cccc(C(=O)NC3CC3)c2)on1. The van der Waals surface area contributed by atoms with Crippen molar-refractivity contribution in [1.29, 1.82) is 0 Å². The van der Waals surface area contributed by atoms with E-state index in [2.05, 4.69) is 15.8 Å². The Morgan fingerprint density at radius 2 is 2.05 bits per heavy atom. The number of aryl methyl sites for hydroxylation is 1. The van der Waals surface area contributed by atoms with Crippen LogP contribution in [0, 0.1) is 6.92 Å². The van der Waals surface area contributed by atoms with E-state index in [-0.39, 0.29) is 11.7 Å². The predicted molar refractivity (Wildman–Crippen MR) is 76.1 cm³/mol. The van der Waals surface area contributed by atoms with Gasteiger partial charge < -0.3 is 15.2 Å². The zero-order valence-corrected chi connectivity index (χ0v) is 11.6. The largest absolute Gasteiger partial charge is 0.351 e. The van der Waals surface area contributed by atoms with Gasteiger partial charge in [-0.1, -0.05) is 11.2 Å². The summed E-state index contributed by atoms with van der Waals surface area (Å²) >= 11 is 0. The predicted octanol–water partition coefficient (Wildman–Crippen LogP) is 2.13. The normalized spacial score (nSPS) is 13.8. The Bertz CT molecular complexity index is 689. The van der Waals surface area contributed by atoms with Crippen molar-refractivity contribution in [3.63, 3.8) is 0 Å². The van der Waals surface area contributed by atoms with Crippen LogP contribution in [0.5, 0.6) is 0 Å². The van der Waals surface area contributed by atoms with Gasteiger partial charge in [0.2, 0.25) is 5.76 Å². The third-order valence-electron chi connectivity index (χ3n) is 3.15. The second kappa shape index (κ2) is 5.40. The molecule has 2 amide bonds. The number of amides is 2. The average molecular weight is 285 g/mol. The van der Waals surface area contributed by atoms with Gasteiger partial charge in [0, 0.05) is 23.4 Å². The van der Waals surface area contributed by atoms with Gasteiger partial charge in [0.25, 0.3) is 11.8 Å². The summed E-state index contributed by atoms with van der Waals surface area (Å²) in [4.78, 5) is 23.9. The molecule has 1 aromatic heterocycles. The molecule has 2 N–H and O–H groups in total. The van der Waals surface area contributed by atoms with Crippen molar-refractivity contribution in [2.24, 2.45) is 0 Å².